The van der Waals surface area contributed by atoms with Gasteiger partial charge in [0.15, 0.2) is 0 Å². The van der Waals surface area contributed by atoms with Gasteiger partial charge in [0.2, 0.25) is 0 Å². The highest BCUT2D eigenvalue weighted by Gasteiger charge is 2.36. The predicted octanol–water partition coefficient (Wildman–Crippen LogP) is 2.64. The molecule has 3 heteroatoms. The number of rotatable bonds is 6. The van der Waals surface area contributed by atoms with Gasteiger partial charge in [0.05, 0.1) is 6.67 Å². The molecule has 2 fully saturated rings. The number of halogens is 1. The van der Waals surface area contributed by atoms with Crippen LogP contribution in [-0.4, -0.2) is 43.3 Å². The van der Waals surface area contributed by atoms with Crippen molar-refractivity contribution in [2.75, 3.05) is 26.3 Å². The molecular formula is C17H25FN2. The normalized spacial score (nSPS) is 27.6. The molecule has 1 aliphatic heterocycles. The maximum Gasteiger partial charge on any atom is 0.0906 e. The zero-order valence-corrected chi connectivity index (χ0v) is 12.1. The van der Waals surface area contributed by atoms with Crippen molar-refractivity contribution in [3.8, 4) is 0 Å². The maximum atomic E-state index is 12.5. The molecule has 2 atom stereocenters. The molecule has 1 aliphatic carbocycles. The van der Waals surface area contributed by atoms with E-state index in [0.717, 1.165) is 32.0 Å². The third-order valence-electron chi connectivity index (χ3n) is 4.65. The third kappa shape index (κ3) is 3.58. The Bertz CT molecular complexity index is 405. The fourth-order valence-electron chi connectivity index (χ4n) is 3.32. The van der Waals surface area contributed by atoms with Gasteiger partial charge in [0.25, 0.3) is 0 Å². The number of piperazine rings is 1. The summed E-state index contributed by atoms with van der Waals surface area (Å²) in [6, 6.07) is 11.8. The quantitative estimate of drug-likeness (QED) is 0.859. The van der Waals surface area contributed by atoms with Crippen LogP contribution < -0.4 is 5.32 Å². The van der Waals surface area contributed by atoms with E-state index in [9.17, 15) is 4.39 Å². The van der Waals surface area contributed by atoms with E-state index in [-0.39, 0.29) is 6.67 Å². The molecule has 3 rings (SSSR count). The van der Waals surface area contributed by atoms with Crippen LogP contribution >= 0.6 is 0 Å². The highest BCUT2D eigenvalue weighted by Crippen LogP contribution is 2.34. The van der Waals surface area contributed by atoms with Crippen LogP contribution in [0.3, 0.4) is 0 Å². The van der Waals surface area contributed by atoms with E-state index in [1.54, 1.807) is 0 Å². The number of nitrogens with zero attached hydrogens (tertiary/aromatic N) is 1. The second kappa shape index (κ2) is 6.68. The lowest BCUT2D eigenvalue weighted by molar-refractivity contribution is 0.117. The van der Waals surface area contributed by atoms with Crippen molar-refractivity contribution < 1.29 is 4.39 Å². The average Bonchev–Trinajstić information content (AvgIpc) is 3.32. The van der Waals surface area contributed by atoms with Crippen molar-refractivity contribution in [1.82, 2.24) is 10.2 Å². The van der Waals surface area contributed by atoms with Gasteiger partial charge in [-0.15, -0.1) is 0 Å². The first-order valence-corrected chi connectivity index (χ1v) is 7.94. The Labute approximate surface area is 121 Å². The van der Waals surface area contributed by atoms with E-state index < -0.39 is 0 Å². The van der Waals surface area contributed by atoms with Crippen LogP contribution in [0, 0.1) is 5.92 Å². The number of alkyl halides is 1. The molecule has 1 N–H and O–H groups in total. The van der Waals surface area contributed by atoms with Gasteiger partial charge in [-0.3, -0.25) is 9.29 Å². The summed E-state index contributed by atoms with van der Waals surface area (Å²) in [5.74, 6) is 0.876. The van der Waals surface area contributed by atoms with Crippen LogP contribution in [0.4, 0.5) is 4.39 Å². The Kier molecular flexibility index (Phi) is 4.69. The molecule has 1 saturated carbocycles. The van der Waals surface area contributed by atoms with Crippen LogP contribution in [0.25, 0.3) is 0 Å². The Balaban J connectivity index is 1.61. The molecule has 20 heavy (non-hydrogen) atoms. The van der Waals surface area contributed by atoms with Gasteiger partial charge < -0.3 is 5.32 Å². The SMILES string of the molecule is FCCCN1CC(C2CC2)NCC1Cc1ccccc1. The largest absolute Gasteiger partial charge is 0.311 e. The zero-order chi connectivity index (χ0) is 13.8. The molecule has 0 radical (unpaired) electrons. The first-order valence-electron chi connectivity index (χ1n) is 7.94. The lowest BCUT2D eigenvalue weighted by atomic mass is 9.99. The second-order valence-corrected chi connectivity index (χ2v) is 6.23. The van der Waals surface area contributed by atoms with E-state index in [1.807, 2.05) is 0 Å². The summed E-state index contributed by atoms with van der Waals surface area (Å²) in [5, 5.41) is 3.72. The molecule has 1 aromatic rings. The molecule has 1 heterocycles. The predicted molar refractivity (Wildman–Crippen MR) is 80.6 cm³/mol. The summed E-state index contributed by atoms with van der Waals surface area (Å²) < 4.78 is 12.5. The van der Waals surface area contributed by atoms with Crippen LogP contribution in [-0.2, 0) is 6.42 Å². The van der Waals surface area contributed by atoms with Crippen molar-refractivity contribution in [2.24, 2.45) is 5.92 Å². The highest BCUT2D eigenvalue weighted by molar-refractivity contribution is 5.16. The van der Waals surface area contributed by atoms with Gasteiger partial charge in [-0.2, -0.15) is 0 Å². The van der Waals surface area contributed by atoms with Crippen molar-refractivity contribution in [3.05, 3.63) is 35.9 Å². The van der Waals surface area contributed by atoms with Gasteiger partial charge in [-0.05, 0) is 37.2 Å². The molecule has 2 aliphatic rings. The molecule has 110 valence electrons. The first-order chi connectivity index (χ1) is 9.86. The van der Waals surface area contributed by atoms with E-state index in [4.69, 9.17) is 0 Å². The molecule has 1 saturated heterocycles. The van der Waals surface area contributed by atoms with E-state index >= 15 is 0 Å². The third-order valence-corrected chi connectivity index (χ3v) is 4.65. The highest BCUT2D eigenvalue weighted by atomic mass is 19.1. The Hall–Kier alpha value is -0.930. The van der Waals surface area contributed by atoms with E-state index in [0.29, 0.717) is 18.5 Å². The van der Waals surface area contributed by atoms with Gasteiger partial charge in [0, 0.05) is 31.7 Å². The first kappa shape index (κ1) is 14.0. The minimum atomic E-state index is -0.198. The second-order valence-electron chi connectivity index (χ2n) is 6.23. The lowest BCUT2D eigenvalue weighted by Gasteiger charge is -2.41. The summed E-state index contributed by atoms with van der Waals surface area (Å²) in [6.07, 6.45) is 4.48. The molecule has 2 nitrogen and oxygen atoms in total. The number of nitrogens with one attached hydrogen (secondary N) is 1. The molecule has 0 aromatic heterocycles. The summed E-state index contributed by atoms with van der Waals surface area (Å²) in [7, 11) is 0. The number of hydrogen-bond acceptors (Lipinski definition) is 2. The summed E-state index contributed by atoms with van der Waals surface area (Å²) in [6.45, 7) is 2.85. The van der Waals surface area contributed by atoms with Crippen LogP contribution in [0.15, 0.2) is 30.3 Å². The van der Waals surface area contributed by atoms with Crippen molar-refractivity contribution >= 4 is 0 Å². The van der Waals surface area contributed by atoms with Crippen LogP contribution in [0.1, 0.15) is 24.8 Å². The van der Waals surface area contributed by atoms with Gasteiger partial charge in [-0.1, -0.05) is 30.3 Å². The Morgan fingerprint density at radius 3 is 2.70 bits per heavy atom. The molecule has 1 aromatic carbocycles. The molecule has 2 unspecified atom stereocenters. The fourth-order valence-corrected chi connectivity index (χ4v) is 3.32. The minimum absolute atomic E-state index is 0.198. The molecule has 0 bridgehead atoms. The molecular weight excluding hydrogens is 251 g/mol. The summed E-state index contributed by atoms with van der Waals surface area (Å²) in [5.41, 5.74) is 1.38. The van der Waals surface area contributed by atoms with Gasteiger partial charge >= 0.3 is 0 Å². The topological polar surface area (TPSA) is 15.3 Å². The number of benzene rings is 1. The smallest absolute Gasteiger partial charge is 0.0906 e. The monoisotopic (exact) mass is 276 g/mol. The minimum Gasteiger partial charge on any atom is -0.311 e. The molecule has 0 spiro atoms. The van der Waals surface area contributed by atoms with Crippen LogP contribution in [0.5, 0.6) is 0 Å². The molecule has 0 amide bonds. The van der Waals surface area contributed by atoms with E-state index in [1.165, 1.54) is 18.4 Å². The van der Waals surface area contributed by atoms with Crippen molar-refractivity contribution in [3.63, 3.8) is 0 Å². The Morgan fingerprint density at radius 2 is 2.00 bits per heavy atom. The summed E-state index contributed by atoms with van der Waals surface area (Å²) in [4.78, 5) is 2.52. The van der Waals surface area contributed by atoms with Crippen molar-refractivity contribution in [2.45, 2.75) is 37.8 Å². The van der Waals surface area contributed by atoms with Crippen LogP contribution in [0.2, 0.25) is 0 Å². The van der Waals surface area contributed by atoms with E-state index in [2.05, 4.69) is 40.5 Å². The lowest BCUT2D eigenvalue weighted by Crippen LogP contribution is -2.58. The van der Waals surface area contributed by atoms with Gasteiger partial charge in [-0.25, -0.2) is 0 Å². The van der Waals surface area contributed by atoms with Gasteiger partial charge in [0.1, 0.15) is 0 Å². The average molecular weight is 276 g/mol. The fraction of sp³-hybridized carbons (Fsp3) is 0.647. The number of hydrogen-bond donors (Lipinski definition) is 1. The van der Waals surface area contributed by atoms with Crippen molar-refractivity contribution in [1.29, 1.82) is 0 Å². The summed E-state index contributed by atoms with van der Waals surface area (Å²) >= 11 is 0. The standard InChI is InChI=1S/C17H25FN2/c18-9-4-10-20-13-17(15-7-8-15)19-12-16(20)11-14-5-2-1-3-6-14/h1-3,5-6,15-17,19H,4,7-13H2. The zero-order valence-electron chi connectivity index (χ0n) is 12.1. The maximum absolute atomic E-state index is 12.5. The Morgan fingerprint density at radius 1 is 1.20 bits per heavy atom.